The predicted molar refractivity (Wildman–Crippen MR) is 83.7 cm³/mol. The van der Waals surface area contributed by atoms with Crippen LogP contribution in [0.2, 0.25) is 0 Å². The van der Waals surface area contributed by atoms with Gasteiger partial charge in [-0.15, -0.1) is 5.10 Å². The van der Waals surface area contributed by atoms with Gasteiger partial charge in [-0.3, -0.25) is 0 Å². The lowest BCUT2D eigenvalue weighted by molar-refractivity contribution is -0.143. The van der Waals surface area contributed by atoms with E-state index in [1.54, 1.807) is 24.3 Å². The van der Waals surface area contributed by atoms with E-state index < -0.39 is 23.5 Å². The van der Waals surface area contributed by atoms with Crippen LogP contribution in [0, 0.1) is 0 Å². The van der Waals surface area contributed by atoms with Crippen molar-refractivity contribution in [2.45, 2.75) is 12.4 Å². The van der Waals surface area contributed by atoms with Crippen LogP contribution in [0.1, 0.15) is 11.1 Å². The number of alkyl halides is 6. The van der Waals surface area contributed by atoms with Gasteiger partial charge in [0.25, 0.3) is 0 Å². The van der Waals surface area contributed by atoms with Crippen LogP contribution in [-0.2, 0) is 12.4 Å². The Morgan fingerprint density at radius 1 is 0.815 bits per heavy atom. The molecule has 2 aromatic carbocycles. The fourth-order valence-electron chi connectivity index (χ4n) is 2.69. The molecule has 0 saturated carbocycles. The van der Waals surface area contributed by atoms with Crippen molar-refractivity contribution >= 4 is 16.6 Å². The van der Waals surface area contributed by atoms with E-state index in [1.807, 2.05) is 0 Å². The number of hydrogen-bond donors (Lipinski definition) is 0. The van der Waals surface area contributed by atoms with Gasteiger partial charge in [0.1, 0.15) is 6.33 Å². The van der Waals surface area contributed by atoms with Crippen LogP contribution in [0.3, 0.4) is 0 Å². The minimum atomic E-state index is -4.94. The molecule has 0 aliphatic rings. The highest BCUT2D eigenvalue weighted by atomic mass is 19.4. The minimum Gasteiger partial charge on any atom is -0.236 e. The lowest BCUT2D eigenvalue weighted by Crippen LogP contribution is -2.11. The molecule has 4 aromatic rings. The summed E-state index contributed by atoms with van der Waals surface area (Å²) in [6.45, 7) is 0. The van der Waals surface area contributed by atoms with E-state index in [-0.39, 0.29) is 23.1 Å². The quantitative estimate of drug-likeness (QED) is 0.436. The van der Waals surface area contributed by atoms with E-state index in [2.05, 4.69) is 15.1 Å². The zero-order valence-corrected chi connectivity index (χ0v) is 13.2. The Morgan fingerprint density at radius 2 is 1.44 bits per heavy atom. The normalized spacial score (nSPS) is 12.8. The first-order valence-corrected chi connectivity index (χ1v) is 7.53. The molecule has 0 unspecified atom stereocenters. The highest BCUT2D eigenvalue weighted by Gasteiger charge is 2.37. The molecule has 10 heteroatoms. The molecule has 0 spiro atoms. The van der Waals surface area contributed by atoms with E-state index in [0.717, 1.165) is 0 Å². The first-order valence-electron chi connectivity index (χ1n) is 7.53. The van der Waals surface area contributed by atoms with Crippen molar-refractivity contribution in [3.63, 3.8) is 0 Å². The summed E-state index contributed by atoms with van der Waals surface area (Å²) in [6.07, 6.45) is -8.58. The molecule has 0 N–H and O–H groups in total. The van der Waals surface area contributed by atoms with E-state index in [4.69, 9.17) is 0 Å². The van der Waals surface area contributed by atoms with E-state index >= 15 is 0 Å². The number of hydrogen-bond acceptors (Lipinski definition) is 3. The number of halogens is 6. The summed E-state index contributed by atoms with van der Waals surface area (Å²) in [4.78, 5) is 8.27. The van der Waals surface area contributed by atoms with Crippen LogP contribution in [0.15, 0.2) is 48.8 Å². The maximum Gasteiger partial charge on any atom is 0.416 e. The SMILES string of the molecule is FC(F)(F)c1cc(-c2nc3c4ccccc4ncn3n2)cc(C(F)(F)F)c1. The summed E-state index contributed by atoms with van der Waals surface area (Å²) in [5, 5.41) is 4.56. The molecular weight excluding hydrogens is 374 g/mol. The van der Waals surface area contributed by atoms with Gasteiger partial charge < -0.3 is 0 Å². The van der Waals surface area contributed by atoms with Gasteiger partial charge in [-0.25, -0.2) is 14.5 Å². The van der Waals surface area contributed by atoms with E-state index in [9.17, 15) is 26.3 Å². The number of nitrogens with zero attached hydrogens (tertiary/aromatic N) is 4. The lowest BCUT2D eigenvalue weighted by atomic mass is 10.0. The third-order valence-corrected chi connectivity index (χ3v) is 3.93. The molecule has 0 fully saturated rings. The van der Waals surface area contributed by atoms with Gasteiger partial charge in [0.2, 0.25) is 0 Å². The summed E-state index contributed by atoms with van der Waals surface area (Å²) in [6, 6.07) is 8.10. The minimum absolute atomic E-state index is 0.0657. The highest BCUT2D eigenvalue weighted by molar-refractivity contribution is 5.91. The average Bonchev–Trinajstić information content (AvgIpc) is 3.04. The second-order valence-corrected chi connectivity index (χ2v) is 5.76. The smallest absolute Gasteiger partial charge is 0.236 e. The molecule has 0 saturated heterocycles. The van der Waals surface area contributed by atoms with Gasteiger partial charge in [-0.1, -0.05) is 12.1 Å². The predicted octanol–water partition coefficient (Wildman–Crippen LogP) is 4.98. The third-order valence-electron chi connectivity index (χ3n) is 3.93. The molecule has 2 aromatic heterocycles. The van der Waals surface area contributed by atoms with Crippen molar-refractivity contribution in [3.8, 4) is 11.4 Å². The van der Waals surface area contributed by atoms with Crippen molar-refractivity contribution in [2.75, 3.05) is 0 Å². The fourth-order valence-corrected chi connectivity index (χ4v) is 2.69. The second-order valence-electron chi connectivity index (χ2n) is 5.76. The molecule has 0 bridgehead atoms. The van der Waals surface area contributed by atoms with Crippen molar-refractivity contribution in [2.24, 2.45) is 0 Å². The maximum atomic E-state index is 13.0. The molecule has 0 radical (unpaired) electrons. The maximum absolute atomic E-state index is 13.0. The van der Waals surface area contributed by atoms with Gasteiger partial charge in [0.15, 0.2) is 11.5 Å². The lowest BCUT2D eigenvalue weighted by Gasteiger charge is -2.13. The van der Waals surface area contributed by atoms with Gasteiger partial charge in [-0.05, 0) is 30.3 Å². The summed E-state index contributed by atoms with van der Waals surface area (Å²) in [5.74, 6) is -0.259. The van der Waals surface area contributed by atoms with Gasteiger partial charge in [-0.2, -0.15) is 26.3 Å². The van der Waals surface area contributed by atoms with Crippen LogP contribution in [0.5, 0.6) is 0 Å². The van der Waals surface area contributed by atoms with Crippen molar-refractivity contribution in [1.82, 2.24) is 19.6 Å². The van der Waals surface area contributed by atoms with Gasteiger partial charge in [0, 0.05) is 10.9 Å². The molecular formula is C17H8F6N4. The molecule has 0 aliphatic carbocycles. The molecule has 0 atom stereocenters. The van der Waals surface area contributed by atoms with Crippen LogP contribution >= 0.6 is 0 Å². The summed E-state index contributed by atoms with van der Waals surface area (Å²) in [7, 11) is 0. The Morgan fingerprint density at radius 3 is 2.07 bits per heavy atom. The van der Waals surface area contributed by atoms with Crippen LogP contribution in [0.25, 0.3) is 27.9 Å². The molecule has 2 heterocycles. The fraction of sp³-hybridized carbons (Fsp3) is 0.118. The third kappa shape index (κ3) is 3.07. The van der Waals surface area contributed by atoms with Crippen LogP contribution in [-0.4, -0.2) is 19.6 Å². The molecule has 27 heavy (non-hydrogen) atoms. The molecule has 0 aliphatic heterocycles. The molecule has 4 rings (SSSR count). The standard InChI is InChI=1S/C17H8F6N4/c18-16(19,20)10-5-9(6-11(7-10)17(21,22)23)14-25-15-12-3-1-2-4-13(12)24-8-27(15)26-14/h1-8H. The average molecular weight is 382 g/mol. The Bertz CT molecular complexity index is 1130. The number of aromatic nitrogens is 4. The summed E-state index contributed by atoms with van der Waals surface area (Å²) >= 11 is 0. The Labute approximate surface area is 147 Å². The van der Waals surface area contributed by atoms with Gasteiger partial charge in [0.05, 0.1) is 16.6 Å². The Hall–Kier alpha value is -3.17. The first-order chi connectivity index (χ1) is 12.6. The number of fused-ring (bicyclic) bond motifs is 3. The topological polar surface area (TPSA) is 43.1 Å². The zero-order valence-electron chi connectivity index (χ0n) is 13.2. The molecule has 138 valence electrons. The van der Waals surface area contributed by atoms with Crippen molar-refractivity contribution in [3.05, 3.63) is 59.9 Å². The van der Waals surface area contributed by atoms with E-state index in [0.29, 0.717) is 23.0 Å². The highest BCUT2D eigenvalue weighted by Crippen LogP contribution is 2.38. The van der Waals surface area contributed by atoms with Crippen LogP contribution < -0.4 is 0 Å². The largest absolute Gasteiger partial charge is 0.416 e. The first kappa shape index (κ1) is 17.3. The number of para-hydroxylation sites is 1. The van der Waals surface area contributed by atoms with Crippen molar-refractivity contribution < 1.29 is 26.3 Å². The molecule has 4 nitrogen and oxygen atoms in total. The Kier molecular flexibility index (Phi) is 3.62. The monoisotopic (exact) mass is 382 g/mol. The van der Waals surface area contributed by atoms with E-state index in [1.165, 1.54) is 10.8 Å². The van der Waals surface area contributed by atoms with Crippen molar-refractivity contribution in [1.29, 1.82) is 0 Å². The second kappa shape index (κ2) is 5.66. The van der Waals surface area contributed by atoms with Crippen LogP contribution in [0.4, 0.5) is 26.3 Å². The zero-order chi connectivity index (χ0) is 19.4. The summed E-state index contributed by atoms with van der Waals surface area (Å²) in [5.41, 5.74) is -2.38. The Balaban J connectivity index is 1.96. The number of benzene rings is 2. The number of rotatable bonds is 1. The molecule has 0 amide bonds. The summed E-state index contributed by atoms with van der Waals surface area (Å²) < 4.78 is 79.5. The van der Waals surface area contributed by atoms with Gasteiger partial charge >= 0.3 is 12.4 Å².